The minimum atomic E-state index is -0.674. The average Bonchev–Trinajstić information content (AvgIpc) is 3.02. The van der Waals surface area contributed by atoms with E-state index >= 15 is 0 Å². The first-order chi connectivity index (χ1) is 11.0. The summed E-state index contributed by atoms with van der Waals surface area (Å²) in [5, 5.41) is 0. The summed E-state index contributed by atoms with van der Waals surface area (Å²) < 4.78 is 0. The lowest BCUT2D eigenvalue weighted by Crippen LogP contribution is -2.41. The van der Waals surface area contributed by atoms with Crippen LogP contribution < -0.4 is 16.4 Å². The number of rotatable bonds is 6. The fourth-order valence-corrected chi connectivity index (χ4v) is 2.53. The number of hydrogen-bond donors (Lipinski definition) is 2. The molecule has 1 unspecified atom stereocenters. The SMILES string of the molecule is C=CC=C(C=C)c1nc(C(N)=O)cc(N2CCCC2C(N)=O)n1. The van der Waals surface area contributed by atoms with Gasteiger partial charge in [-0.05, 0) is 12.8 Å². The Labute approximate surface area is 134 Å². The molecule has 7 heteroatoms. The molecule has 0 aromatic carbocycles. The van der Waals surface area contributed by atoms with Crippen molar-refractivity contribution in [1.29, 1.82) is 0 Å². The van der Waals surface area contributed by atoms with E-state index in [1.165, 1.54) is 6.07 Å². The van der Waals surface area contributed by atoms with E-state index in [4.69, 9.17) is 11.5 Å². The molecule has 1 aromatic heterocycles. The summed E-state index contributed by atoms with van der Waals surface area (Å²) in [6.07, 6.45) is 6.26. The molecule has 2 rings (SSSR count). The molecule has 0 aliphatic carbocycles. The van der Waals surface area contributed by atoms with Crippen LogP contribution in [0.4, 0.5) is 5.82 Å². The zero-order chi connectivity index (χ0) is 17.0. The molecule has 7 nitrogen and oxygen atoms in total. The molecule has 4 N–H and O–H groups in total. The first kappa shape index (κ1) is 16.4. The highest BCUT2D eigenvalue weighted by molar-refractivity contribution is 5.92. The van der Waals surface area contributed by atoms with Gasteiger partial charge < -0.3 is 16.4 Å². The van der Waals surface area contributed by atoms with Gasteiger partial charge in [0.25, 0.3) is 5.91 Å². The second kappa shape index (κ2) is 6.87. The van der Waals surface area contributed by atoms with Crippen molar-refractivity contribution in [2.45, 2.75) is 18.9 Å². The molecule has 1 aliphatic heterocycles. The van der Waals surface area contributed by atoms with Crippen LogP contribution in [0, 0.1) is 0 Å². The molecule has 120 valence electrons. The topological polar surface area (TPSA) is 115 Å². The Balaban J connectivity index is 2.55. The van der Waals surface area contributed by atoms with Crippen molar-refractivity contribution >= 4 is 23.2 Å². The number of nitrogens with two attached hydrogens (primary N) is 2. The molecule has 0 spiro atoms. The first-order valence-corrected chi connectivity index (χ1v) is 7.18. The second-order valence-electron chi connectivity index (χ2n) is 5.11. The van der Waals surface area contributed by atoms with Crippen LogP contribution in [-0.2, 0) is 4.79 Å². The number of nitrogens with zero attached hydrogens (tertiary/aromatic N) is 3. The number of allylic oxidation sites excluding steroid dienone is 4. The number of aromatic nitrogens is 2. The monoisotopic (exact) mass is 313 g/mol. The summed E-state index contributed by atoms with van der Waals surface area (Å²) in [5.41, 5.74) is 11.5. The van der Waals surface area contributed by atoms with Crippen molar-refractivity contribution in [3.8, 4) is 0 Å². The largest absolute Gasteiger partial charge is 0.368 e. The predicted octanol–water partition coefficient (Wildman–Crippen LogP) is 0.785. The summed E-state index contributed by atoms with van der Waals surface area (Å²) in [5.74, 6) is -0.358. The lowest BCUT2D eigenvalue weighted by atomic mass is 10.2. The summed E-state index contributed by atoms with van der Waals surface area (Å²) >= 11 is 0. The molecular formula is C16H19N5O2. The van der Waals surface area contributed by atoms with Gasteiger partial charge in [0.1, 0.15) is 17.6 Å². The van der Waals surface area contributed by atoms with Crippen LogP contribution in [0.1, 0.15) is 29.2 Å². The van der Waals surface area contributed by atoms with E-state index in [1.807, 2.05) is 0 Å². The highest BCUT2D eigenvalue weighted by Gasteiger charge is 2.31. The molecule has 23 heavy (non-hydrogen) atoms. The van der Waals surface area contributed by atoms with Gasteiger partial charge >= 0.3 is 0 Å². The zero-order valence-corrected chi connectivity index (χ0v) is 12.7. The van der Waals surface area contributed by atoms with Crippen LogP contribution in [0.5, 0.6) is 0 Å². The summed E-state index contributed by atoms with van der Waals surface area (Å²) in [6, 6.07) is 1.02. The van der Waals surface area contributed by atoms with Crippen molar-refractivity contribution in [3.63, 3.8) is 0 Å². The van der Waals surface area contributed by atoms with Crippen molar-refractivity contribution in [2.24, 2.45) is 11.5 Å². The van der Waals surface area contributed by atoms with E-state index in [0.717, 1.165) is 6.42 Å². The van der Waals surface area contributed by atoms with Crippen LogP contribution in [0.15, 0.2) is 37.5 Å². The quantitative estimate of drug-likeness (QED) is 0.753. The number of hydrogen-bond acceptors (Lipinski definition) is 5. The van der Waals surface area contributed by atoms with E-state index in [-0.39, 0.29) is 5.69 Å². The molecule has 0 bridgehead atoms. The van der Waals surface area contributed by atoms with Crippen molar-refractivity contribution in [2.75, 3.05) is 11.4 Å². The minimum Gasteiger partial charge on any atom is -0.368 e. The maximum Gasteiger partial charge on any atom is 0.267 e. The molecule has 1 aromatic rings. The van der Waals surface area contributed by atoms with Gasteiger partial charge in [-0.3, -0.25) is 9.59 Å². The fraction of sp³-hybridized carbons (Fsp3) is 0.250. The molecular weight excluding hydrogens is 294 g/mol. The van der Waals surface area contributed by atoms with Crippen LogP contribution in [-0.4, -0.2) is 34.4 Å². The molecule has 2 heterocycles. The third-order valence-corrected chi connectivity index (χ3v) is 3.62. The van der Waals surface area contributed by atoms with Crippen LogP contribution in [0.3, 0.4) is 0 Å². The van der Waals surface area contributed by atoms with Gasteiger partial charge in [0.15, 0.2) is 5.82 Å². The Hall–Kier alpha value is -2.96. The van der Waals surface area contributed by atoms with Gasteiger partial charge in [0.05, 0.1) is 0 Å². The normalized spacial score (nSPS) is 17.8. The van der Waals surface area contributed by atoms with E-state index in [0.29, 0.717) is 30.2 Å². The molecule has 1 aliphatic rings. The second-order valence-corrected chi connectivity index (χ2v) is 5.11. The van der Waals surface area contributed by atoms with E-state index in [9.17, 15) is 9.59 Å². The third kappa shape index (κ3) is 3.45. The number of carbonyl (C=O) groups is 2. The van der Waals surface area contributed by atoms with E-state index in [1.54, 1.807) is 23.1 Å². The zero-order valence-electron chi connectivity index (χ0n) is 12.7. The summed E-state index contributed by atoms with van der Waals surface area (Å²) in [7, 11) is 0. The molecule has 1 fully saturated rings. The maximum atomic E-state index is 11.6. The Kier molecular flexibility index (Phi) is 4.90. The Morgan fingerprint density at radius 3 is 2.61 bits per heavy atom. The number of primary amides is 2. The Bertz CT molecular complexity index is 696. The van der Waals surface area contributed by atoms with Gasteiger partial charge in [0, 0.05) is 18.2 Å². The summed E-state index contributed by atoms with van der Waals surface area (Å²) in [6.45, 7) is 7.95. The predicted molar refractivity (Wildman–Crippen MR) is 88.5 cm³/mol. The maximum absolute atomic E-state index is 11.6. The lowest BCUT2D eigenvalue weighted by molar-refractivity contribution is -0.119. The van der Waals surface area contributed by atoms with E-state index < -0.39 is 17.9 Å². The van der Waals surface area contributed by atoms with Gasteiger partial charge in [-0.15, -0.1) is 0 Å². The smallest absolute Gasteiger partial charge is 0.267 e. The average molecular weight is 313 g/mol. The highest BCUT2D eigenvalue weighted by Crippen LogP contribution is 2.25. The number of anilines is 1. The van der Waals surface area contributed by atoms with Gasteiger partial charge in [-0.1, -0.05) is 31.4 Å². The van der Waals surface area contributed by atoms with Crippen LogP contribution in [0.25, 0.3) is 5.57 Å². The summed E-state index contributed by atoms with van der Waals surface area (Å²) in [4.78, 5) is 33.5. The molecule has 0 saturated carbocycles. The van der Waals surface area contributed by atoms with Crippen molar-refractivity contribution in [3.05, 3.63) is 49.0 Å². The van der Waals surface area contributed by atoms with Crippen molar-refractivity contribution < 1.29 is 9.59 Å². The minimum absolute atomic E-state index is 0.0666. The Morgan fingerprint density at radius 2 is 2.04 bits per heavy atom. The van der Waals surface area contributed by atoms with Gasteiger partial charge in [0.2, 0.25) is 5.91 Å². The van der Waals surface area contributed by atoms with Gasteiger partial charge in [-0.2, -0.15) is 0 Å². The standard InChI is InChI=1S/C16H19N5O2/c1-3-6-10(4-2)16-19-11(14(17)22)9-13(20-16)21-8-5-7-12(21)15(18)23/h3-4,6,9,12H,1-2,5,7-8H2,(H2,17,22)(H2,18,23). The van der Waals surface area contributed by atoms with Crippen molar-refractivity contribution in [1.82, 2.24) is 9.97 Å². The van der Waals surface area contributed by atoms with Gasteiger partial charge in [-0.25, -0.2) is 9.97 Å². The van der Waals surface area contributed by atoms with Crippen LogP contribution in [0.2, 0.25) is 0 Å². The van der Waals surface area contributed by atoms with Crippen LogP contribution >= 0.6 is 0 Å². The third-order valence-electron chi connectivity index (χ3n) is 3.62. The first-order valence-electron chi connectivity index (χ1n) is 7.18. The molecule has 1 saturated heterocycles. The molecule has 2 amide bonds. The highest BCUT2D eigenvalue weighted by atomic mass is 16.1. The Morgan fingerprint density at radius 1 is 1.30 bits per heavy atom. The van der Waals surface area contributed by atoms with E-state index in [2.05, 4.69) is 23.1 Å². The molecule has 1 atom stereocenters. The fourth-order valence-electron chi connectivity index (χ4n) is 2.53. The lowest BCUT2D eigenvalue weighted by Gasteiger charge is -2.24. The molecule has 0 radical (unpaired) electrons. The number of carbonyl (C=O) groups excluding carboxylic acids is 2. The number of amides is 2.